The van der Waals surface area contributed by atoms with Gasteiger partial charge in [-0.3, -0.25) is 17.5 Å². The molecule has 0 saturated carbocycles. The monoisotopic (exact) mass is 392 g/mol. The minimum atomic E-state index is 0. The summed E-state index contributed by atoms with van der Waals surface area (Å²) in [5.41, 5.74) is 2.61. The molecule has 2 radical (unpaired) electrons. The van der Waals surface area contributed by atoms with Gasteiger partial charge >= 0.3 is 0 Å². The molecule has 0 aliphatic rings. The Balaban J connectivity index is -0.000000344. The van der Waals surface area contributed by atoms with Gasteiger partial charge in [-0.05, 0) is 0 Å². The first kappa shape index (κ1) is 24.0. The molecule has 0 saturated heterocycles. The summed E-state index contributed by atoms with van der Waals surface area (Å²) in [5.74, 6) is 0. The van der Waals surface area contributed by atoms with Crippen molar-refractivity contribution in [3.8, 4) is 0 Å². The van der Waals surface area contributed by atoms with Crippen molar-refractivity contribution in [3.05, 3.63) is 47.5 Å². The van der Waals surface area contributed by atoms with E-state index in [1.54, 1.807) is 0 Å². The number of rotatable bonds is 0. The Labute approximate surface area is 163 Å². The SMILES string of the molecule is CC.CC.Cc1cc[c-]c2[c-]ccc(C)c12.[Y].[Y]. The zero-order chi connectivity index (χ0) is 12.6. The fourth-order valence-corrected chi connectivity index (χ4v) is 1.56. The summed E-state index contributed by atoms with van der Waals surface area (Å²) in [6.07, 6.45) is 0. The van der Waals surface area contributed by atoms with Gasteiger partial charge in [-0.2, -0.15) is 11.5 Å². The minimum absolute atomic E-state index is 0. The summed E-state index contributed by atoms with van der Waals surface area (Å²) in [6, 6.07) is 14.4. The molecular weight excluding hydrogens is 370 g/mol. The second kappa shape index (κ2) is 14.3. The van der Waals surface area contributed by atoms with E-state index in [2.05, 4.69) is 38.1 Å². The number of hydrogen-bond acceptors (Lipinski definition) is 0. The van der Waals surface area contributed by atoms with Gasteiger partial charge in [0, 0.05) is 65.4 Å². The standard InChI is InChI=1S/C12H10.2C2H6.2Y/c1-9-5-3-7-11-8-4-6-10(2)12(9)11;2*1-2;;/h3-6H,1-2H3;2*1-2H3;;/q-2;;;;. The summed E-state index contributed by atoms with van der Waals surface area (Å²) in [6.45, 7) is 12.2. The van der Waals surface area contributed by atoms with E-state index in [1.165, 1.54) is 16.5 Å². The van der Waals surface area contributed by atoms with E-state index in [0.717, 1.165) is 5.39 Å². The van der Waals surface area contributed by atoms with Crippen LogP contribution in [0, 0.1) is 26.0 Å². The molecule has 0 unspecified atom stereocenters. The van der Waals surface area contributed by atoms with Crippen molar-refractivity contribution >= 4 is 10.8 Å². The van der Waals surface area contributed by atoms with Gasteiger partial charge in [0.05, 0.1) is 0 Å². The fraction of sp³-hybridized carbons (Fsp3) is 0.375. The first-order chi connectivity index (χ1) is 7.79. The second-order valence-electron chi connectivity index (χ2n) is 3.07. The van der Waals surface area contributed by atoms with Gasteiger partial charge in [-0.25, -0.2) is 17.7 Å². The number of fused-ring (bicyclic) bond motifs is 1. The Hall–Kier alpha value is 0.908. The van der Waals surface area contributed by atoms with Crippen LogP contribution in [0.25, 0.3) is 10.8 Å². The predicted octanol–water partition coefficient (Wildman–Crippen LogP) is 5.10. The van der Waals surface area contributed by atoms with Crippen molar-refractivity contribution in [2.75, 3.05) is 0 Å². The van der Waals surface area contributed by atoms with Crippen LogP contribution in [0.3, 0.4) is 0 Å². The van der Waals surface area contributed by atoms with E-state index in [0.29, 0.717) is 0 Å². The maximum Gasteiger partial charge on any atom is 0 e. The Bertz CT molecular complexity index is 386. The number of benzene rings is 2. The van der Waals surface area contributed by atoms with E-state index in [4.69, 9.17) is 0 Å². The van der Waals surface area contributed by atoms with Gasteiger partial charge in [0.2, 0.25) is 0 Å². The summed E-state index contributed by atoms with van der Waals surface area (Å²) in [5, 5.41) is 2.38. The Morgan fingerprint density at radius 2 is 1.06 bits per heavy atom. The molecule has 18 heavy (non-hydrogen) atoms. The van der Waals surface area contributed by atoms with Crippen LogP contribution in [0.1, 0.15) is 38.8 Å². The van der Waals surface area contributed by atoms with Crippen LogP contribution in [0.4, 0.5) is 0 Å². The molecule has 0 bridgehead atoms. The quantitative estimate of drug-likeness (QED) is 0.547. The van der Waals surface area contributed by atoms with Gasteiger partial charge < -0.3 is 0 Å². The van der Waals surface area contributed by atoms with Crippen LogP contribution >= 0.6 is 0 Å². The Morgan fingerprint density at radius 1 is 0.722 bits per heavy atom. The normalized spacial score (nSPS) is 7.67. The average Bonchev–Trinajstić information content (AvgIpc) is 2.34. The zero-order valence-electron chi connectivity index (χ0n) is 12.5. The molecule has 0 aliphatic heterocycles. The maximum absolute atomic E-state index is 3.18. The third kappa shape index (κ3) is 6.90. The molecule has 0 spiro atoms. The largest absolute Gasteiger partial charge is 0.285 e. The van der Waals surface area contributed by atoms with Crippen LogP contribution in [0.5, 0.6) is 0 Å². The van der Waals surface area contributed by atoms with E-state index >= 15 is 0 Å². The summed E-state index contributed by atoms with van der Waals surface area (Å²) in [7, 11) is 0. The van der Waals surface area contributed by atoms with Crippen molar-refractivity contribution in [1.29, 1.82) is 0 Å². The van der Waals surface area contributed by atoms with Crippen molar-refractivity contribution in [1.82, 2.24) is 0 Å². The summed E-state index contributed by atoms with van der Waals surface area (Å²) in [4.78, 5) is 0. The first-order valence-electron chi connectivity index (χ1n) is 6.07. The Morgan fingerprint density at radius 3 is 1.33 bits per heavy atom. The zero-order valence-corrected chi connectivity index (χ0v) is 18.1. The smallest absolute Gasteiger partial charge is 0 e. The first-order valence-corrected chi connectivity index (χ1v) is 6.07. The maximum atomic E-state index is 3.18. The molecule has 94 valence electrons. The van der Waals surface area contributed by atoms with Gasteiger partial charge in [0.1, 0.15) is 0 Å². The minimum Gasteiger partial charge on any atom is -0.285 e. The van der Waals surface area contributed by atoms with Crippen molar-refractivity contribution < 1.29 is 65.4 Å². The van der Waals surface area contributed by atoms with E-state index in [-0.39, 0.29) is 65.4 Å². The van der Waals surface area contributed by atoms with Crippen LogP contribution in [-0.4, -0.2) is 0 Å². The molecule has 0 aliphatic carbocycles. The number of aryl methyl sites for hydroxylation is 2. The van der Waals surface area contributed by atoms with Crippen molar-refractivity contribution in [2.24, 2.45) is 0 Å². The predicted molar refractivity (Wildman–Crippen MR) is 73.8 cm³/mol. The fourth-order valence-electron chi connectivity index (χ4n) is 1.56. The topological polar surface area (TPSA) is 0 Å². The number of hydrogen-bond donors (Lipinski definition) is 0. The molecule has 0 nitrogen and oxygen atoms in total. The molecule has 0 N–H and O–H groups in total. The van der Waals surface area contributed by atoms with Gasteiger partial charge in [-0.15, -0.1) is 5.56 Å². The van der Waals surface area contributed by atoms with E-state index < -0.39 is 0 Å². The van der Waals surface area contributed by atoms with Crippen LogP contribution in [-0.2, 0) is 65.4 Å². The second-order valence-corrected chi connectivity index (χ2v) is 3.07. The van der Waals surface area contributed by atoms with E-state index in [1.807, 2.05) is 39.8 Å². The van der Waals surface area contributed by atoms with Gasteiger partial charge in [0.15, 0.2) is 0 Å². The molecule has 0 amide bonds. The van der Waals surface area contributed by atoms with E-state index in [9.17, 15) is 0 Å². The summed E-state index contributed by atoms with van der Waals surface area (Å²) < 4.78 is 0. The molecule has 0 atom stereocenters. The average molecular weight is 392 g/mol. The molecule has 2 rings (SSSR count). The van der Waals surface area contributed by atoms with Gasteiger partial charge in [-0.1, -0.05) is 47.6 Å². The third-order valence-electron chi connectivity index (χ3n) is 2.16. The van der Waals surface area contributed by atoms with Crippen LogP contribution < -0.4 is 0 Å². The van der Waals surface area contributed by atoms with Gasteiger partial charge in [0.25, 0.3) is 0 Å². The third-order valence-corrected chi connectivity index (χ3v) is 2.16. The molecular formula is C16H22Y2-2. The summed E-state index contributed by atoms with van der Waals surface area (Å²) >= 11 is 0. The molecule has 2 heteroatoms. The van der Waals surface area contributed by atoms with Crippen molar-refractivity contribution in [3.63, 3.8) is 0 Å². The van der Waals surface area contributed by atoms with Crippen LogP contribution in [0.2, 0.25) is 0 Å². The molecule has 0 heterocycles. The van der Waals surface area contributed by atoms with Crippen molar-refractivity contribution in [2.45, 2.75) is 41.5 Å². The molecule has 2 aromatic rings. The Kier molecular flexibility index (Phi) is 19.1. The molecule has 0 aromatic heterocycles. The van der Waals surface area contributed by atoms with Crippen LogP contribution in [0.15, 0.2) is 24.3 Å². The molecule has 2 aromatic carbocycles. The molecule has 0 fully saturated rings.